The fourth-order valence-corrected chi connectivity index (χ4v) is 2.67. The van der Waals surface area contributed by atoms with E-state index in [-0.39, 0.29) is 0 Å². The fraction of sp³-hybridized carbons (Fsp3) is 0.308. The van der Waals surface area contributed by atoms with Gasteiger partial charge in [-0.2, -0.15) is 0 Å². The van der Waals surface area contributed by atoms with E-state index in [0.29, 0.717) is 0 Å². The highest BCUT2D eigenvalue weighted by atomic mass is 35.5. The summed E-state index contributed by atoms with van der Waals surface area (Å²) in [7, 11) is 0. The quantitative estimate of drug-likeness (QED) is 0.656. The lowest BCUT2D eigenvalue weighted by atomic mass is 10.1. The minimum atomic E-state index is 0.927. The largest absolute Gasteiger partial charge is 0.252 e. The zero-order valence-corrected chi connectivity index (χ0v) is 9.43. The van der Waals surface area contributed by atoms with E-state index in [4.69, 9.17) is 11.6 Å². The van der Waals surface area contributed by atoms with E-state index in [9.17, 15) is 0 Å². The van der Waals surface area contributed by atoms with Crippen molar-refractivity contribution in [1.82, 2.24) is 4.98 Å². The second kappa shape index (κ2) is 3.21. The number of aryl methyl sites for hydroxylation is 2. The lowest BCUT2D eigenvalue weighted by Crippen LogP contribution is -1.92. The molecule has 1 aliphatic rings. The number of aromatic nitrogens is 1. The van der Waals surface area contributed by atoms with Gasteiger partial charge in [0.05, 0.1) is 10.5 Å². The van der Waals surface area contributed by atoms with Crippen molar-refractivity contribution >= 4 is 22.5 Å². The van der Waals surface area contributed by atoms with E-state index in [1.807, 2.05) is 0 Å². The molecule has 0 bridgehead atoms. The molecule has 2 heteroatoms. The molecular formula is C13H12ClN. The normalized spacial score (nSPS) is 14.5. The van der Waals surface area contributed by atoms with Crippen molar-refractivity contribution in [3.63, 3.8) is 0 Å². The Balaban J connectivity index is 2.41. The molecule has 0 fully saturated rings. The van der Waals surface area contributed by atoms with Crippen LogP contribution in [0.15, 0.2) is 18.2 Å². The maximum Gasteiger partial charge on any atom is 0.0720 e. The zero-order valence-electron chi connectivity index (χ0n) is 8.68. The molecular weight excluding hydrogens is 206 g/mol. The highest BCUT2D eigenvalue weighted by molar-refractivity contribution is 6.36. The summed E-state index contributed by atoms with van der Waals surface area (Å²) in [5, 5.41) is 2.04. The highest BCUT2D eigenvalue weighted by Crippen LogP contribution is 2.33. The zero-order chi connectivity index (χ0) is 10.4. The van der Waals surface area contributed by atoms with Gasteiger partial charge in [0.1, 0.15) is 0 Å². The summed E-state index contributed by atoms with van der Waals surface area (Å²) in [5.41, 5.74) is 4.75. The van der Waals surface area contributed by atoms with Crippen LogP contribution in [0.4, 0.5) is 0 Å². The molecule has 0 amide bonds. The number of halogens is 1. The fourth-order valence-electron chi connectivity index (χ4n) is 2.32. The molecule has 2 aromatic rings. The Bertz CT molecular complexity index is 546. The number of hydrogen-bond donors (Lipinski definition) is 0. The summed E-state index contributed by atoms with van der Waals surface area (Å²) in [6.45, 7) is 2.09. The molecule has 0 atom stereocenters. The number of hydrogen-bond acceptors (Lipinski definition) is 1. The lowest BCUT2D eigenvalue weighted by Gasteiger charge is -2.07. The van der Waals surface area contributed by atoms with Crippen molar-refractivity contribution in [3.8, 4) is 0 Å². The third-order valence-electron chi connectivity index (χ3n) is 3.10. The van der Waals surface area contributed by atoms with Gasteiger partial charge in [0.2, 0.25) is 0 Å². The van der Waals surface area contributed by atoms with Crippen molar-refractivity contribution in [2.75, 3.05) is 0 Å². The van der Waals surface area contributed by atoms with Crippen LogP contribution in [-0.2, 0) is 12.8 Å². The molecule has 76 valence electrons. The average Bonchev–Trinajstić information content (AvgIpc) is 2.68. The number of fused-ring (bicyclic) bond motifs is 2. The van der Waals surface area contributed by atoms with Gasteiger partial charge in [-0.05, 0) is 43.9 Å². The van der Waals surface area contributed by atoms with Crippen molar-refractivity contribution < 1.29 is 0 Å². The Labute approximate surface area is 94.1 Å². The first-order chi connectivity index (χ1) is 7.25. The van der Waals surface area contributed by atoms with Gasteiger partial charge in [-0.25, -0.2) is 0 Å². The van der Waals surface area contributed by atoms with Gasteiger partial charge in [-0.3, -0.25) is 4.98 Å². The monoisotopic (exact) mass is 217 g/mol. The maximum atomic E-state index is 6.42. The second-order valence-electron chi connectivity index (χ2n) is 4.23. The molecule has 1 aromatic heterocycles. The second-order valence-corrected chi connectivity index (χ2v) is 4.60. The van der Waals surface area contributed by atoms with Gasteiger partial charge in [0.15, 0.2) is 0 Å². The van der Waals surface area contributed by atoms with E-state index in [1.54, 1.807) is 0 Å². The van der Waals surface area contributed by atoms with Crippen molar-refractivity contribution in [2.45, 2.75) is 26.2 Å². The van der Waals surface area contributed by atoms with E-state index in [0.717, 1.165) is 28.8 Å². The third-order valence-corrected chi connectivity index (χ3v) is 3.53. The van der Waals surface area contributed by atoms with Crippen LogP contribution in [0.3, 0.4) is 0 Å². The minimum absolute atomic E-state index is 0.927. The van der Waals surface area contributed by atoms with Gasteiger partial charge in [-0.1, -0.05) is 23.2 Å². The van der Waals surface area contributed by atoms with Crippen LogP contribution in [0.25, 0.3) is 10.9 Å². The summed E-state index contributed by atoms with van der Waals surface area (Å²) in [6.07, 6.45) is 3.36. The molecule has 0 unspecified atom stereocenters. The molecule has 0 saturated heterocycles. The Morgan fingerprint density at radius 1 is 1.27 bits per heavy atom. The van der Waals surface area contributed by atoms with Crippen molar-refractivity contribution in [1.29, 1.82) is 0 Å². The van der Waals surface area contributed by atoms with Gasteiger partial charge < -0.3 is 0 Å². The Hall–Kier alpha value is -1.08. The topological polar surface area (TPSA) is 12.9 Å². The van der Waals surface area contributed by atoms with Crippen LogP contribution < -0.4 is 0 Å². The summed E-state index contributed by atoms with van der Waals surface area (Å²) < 4.78 is 0. The van der Waals surface area contributed by atoms with Crippen LogP contribution >= 0.6 is 11.6 Å². The van der Waals surface area contributed by atoms with Gasteiger partial charge in [-0.15, -0.1) is 0 Å². The first kappa shape index (κ1) is 9.17. The van der Waals surface area contributed by atoms with Crippen LogP contribution in [0, 0.1) is 6.92 Å². The minimum Gasteiger partial charge on any atom is -0.252 e. The Morgan fingerprint density at radius 2 is 2.13 bits per heavy atom. The molecule has 1 aliphatic carbocycles. The van der Waals surface area contributed by atoms with Crippen LogP contribution in [-0.4, -0.2) is 4.98 Å². The molecule has 1 aromatic carbocycles. The maximum absolute atomic E-state index is 6.42. The molecule has 1 nitrogen and oxygen atoms in total. The first-order valence-corrected chi connectivity index (χ1v) is 5.71. The molecule has 1 heterocycles. The van der Waals surface area contributed by atoms with E-state index in [2.05, 4.69) is 30.1 Å². The summed E-state index contributed by atoms with van der Waals surface area (Å²) in [4.78, 5) is 4.67. The highest BCUT2D eigenvalue weighted by Gasteiger charge is 2.18. The molecule has 15 heavy (non-hydrogen) atoms. The van der Waals surface area contributed by atoms with Gasteiger partial charge in [0.25, 0.3) is 0 Å². The molecule has 0 saturated carbocycles. The van der Waals surface area contributed by atoms with Gasteiger partial charge >= 0.3 is 0 Å². The lowest BCUT2D eigenvalue weighted by molar-refractivity contribution is 0.901. The number of nitrogens with zero attached hydrogens (tertiary/aromatic N) is 1. The summed E-state index contributed by atoms with van der Waals surface area (Å²) >= 11 is 6.42. The van der Waals surface area contributed by atoms with E-state index < -0.39 is 0 Å². The third kappa shape index (κ3) is 1.34. The number of rotatable bonds is 0. The van der Waals surface area contributed by atoms with Gasteiger partial charge in [0, 0.05) is 11.1 Å². The summed E-state index contributed by atoms with van der Waals surface area (Å²) in [5.74, 6) is 0. The van der Waals surface area contributed by atoms with Crippen molar-refractivity contribution in [2.24, 2.45) is 0 Å². The molecule has 0 aliphatic heterocycles. The Morgan fingerprint density at radius 3 is 3.00 bits per heavy atom. The number of pyridine rings is 1. The predicted octanol–water partition coefficient (Wildman–Crippen LogP) is 3.69. The first-order valence-electron chi connectivity index (χ1n) is 5.33. The predicted molar refractivity (Wildman–Crippen MR) is 63.5 cm³/mol. The standard InChI is InChI=1S/C13H12ClN/c1-8-5-6-12-10(7-8)13(14)9-3-2-4-11(9)15-12/h5-7H,2-4H2,1H3. The van der Waals surface area contributed by atoms with Crippen LogP contribution in [0.2, 0.25) is 5.02 Å². The average molecular weight is 218 g/mol. The number of benzene rings is 1. The molecule has 0 N–H and O–H groups in total. The van der Waals surface area contributed by atoms with E-state index >= 15 is 0 Å². The smallest absolute Gasteiger partial charge is 0.0720 e. The van der Waals surface area contributed by atoms with E-state index in [1.165, 1.54) is 23.2 Å². The summed E-state index contributed by atoms with van der Waals surface area (Å²) in [6, 6.07) is 6.28. The SMILES string of the molecule is Cc1ccc2nc3c(c(Cl)c2c1)CCC3. The van der Waals surface area contributed by atoms with Crippen molar-refractivity contribution in [3.05, 3.63) is 40.0 Å². The van der Waals surface area contributed by atoms with Crippen LogP contribution in [0.1, 0.15) is 23.2 Å². The molecule has 3 rings (SSSR count). The molecule has 0 radical (unpaired) electrons. The molecule has 0 spiro atoms. The Kier molecular flexibility index (Phi) is 1.96. The van der Waals surface area contributed by atoms with Crippen LogP contribution in [0.5, 0.6) is 0 Å².